The number of aryl methyl sites for hydroxylation is 1. The van der Waals surface area contributed by atoms with Crippen LogP contribution in [0.3, 0.4) is 0 Å². The van der Waals surface area contributed by atoms with Crippen molar-refractivity contribution in [1.29, 1.82) is 0 Å². The lowest BCUT2D eigenvalue weighted by Gasteiger charge is -2.21. The molecule has 2 aromatic carbocycles. The van der Waals surface area contributed by atoms with Crippen molar-refractivity contribution in [2.45, 2.75) is 30.7 Å². The number of ether oxygens (including phenoxy) is 2. The highest BCUT2D eigenvalue weighted by Crippen LogP contribution is 2.32. The van der Waals surface area contributed by atoms with Gasteiger partial charge < -0.3 is 14.8 Å². The van der Waals surface area contributed by atoms with E-state index in [4.69, 9.17) is 9.47 Å². The smallest absolute Gasteiger partial charge is 0.243 e. The summed E-state index contributed by atoms with van der Waals surface area (Å²) in [6, 6.07) is 14.4. The predicted octanol–water partition coefficient (Wildman–Crippen LogP) is 2.22. The molecular weight excluding hydrogens is 392 g/mol. The summed E-state index contributed by atoms with van der Waals surface area (Å²) in [6.45, 7) is 2.46. The van der Waals surface area contributed by atoms with E-state index in [1.807, 2.05) is 37.3 Å². The Hall–Kier alpha value is -2.58. The van der Waals surface area contributed by atoms with Gasteiger partial charge in [0.05, 0.1) is 11.4 Å². The highest BCUT2D eigenvalue weighted by molar-refractivity contribution is 7.89. The van der Waals surface area contributed by atoms with Crippen molar-refractivity contribution in [3.8, 4) is 11.5 Å². The molecule has 0 saturated heterocycles. The largest absolute Gasteiger partial charge is 0.486 e. The zero-order chi connectivity index (χ0) is 20.9. The van der Waals surface area contributed by atoms with Crippen molar-refractivity contribution in [2.75, 3.05) is 26.8 Å². The van der Waals surface area contributed by atoms with Gasteiger partial charge in [0, 0.05) is 19.2 Å². The normalized spacial score (nSPS) is 14.4. The third-order valence-electron chi connectivity index (χ3n) is 4.70. The summed E-state index contributed by atoms with van der Waals surface area (Å²) in [5.74, 6) is 0.571. The number of rotatable bonds is 8. The zero-order valence-corrected chi connectivity index (χ0v) is 17.4. The lowest BCUT2D eigenvalue weighted by atomic mass is 10.1. The minimum Gasteiger partial charge on any atom is -0.486 e. The average molecular weight is 419 g/mol. The first-order valence-electron chi connectivity index (χ1n) is 9.55. The Balaban J connectivity index is 1.55. The van der Waals surface area contributed by atoms with Crippen molar-refractivity contribution in [2.24, 2.45) is 0 Å². The fourth-order valence-electron chi connectivity index (χ4n) is 3.07. The van der Waals surface area contributed by atoms with Crippen molar-refractivity contribution in [3.05, 3.63) is 54.1 Å². The number of hydrogen-bond acceptors (Lipinski definition) is 5. The number of nitrogens with one attached hydrogen (secondary N) is 1. The second-order valence-corrected chi connectivity index (χ2v) is 9.10. The molecule has 156 valence electrons. The number of sulfonamides is 1. The Morgan fingerprint density at radius 1 is 1.10 bits per heavy atom. The summed E-state index contributed by atoms with van der Waals surface area (Å²) in [4.78, 5) is 12.4. The second kappa shape index (κ2) is 9.28. The van der Waals surface area contributed by atoms with Gasteiger partial charge in [-0.3, -0.25) is 4.79 Å². The van der Waals surface area contributed by atoms with Crippen molar-refractivity contribution >= 4 is 15.9 Å². The van der Waals surface area contributed by atoms with Gasteiger partial charge in [0.1, 0.15) is 13.2 Å². The summed E-state index contributed by atoms with van der Waals surface area (Å²) in [5.41, 5.74) is 1.20. The molecular formula is C21H26N2O5S. The highest BCUT2D eigenvalue weighted by atomic mass is 32.2. The number of fused-ring (bicyclic) bond motifs is 1. The molecule has 0 fully saturated rings. The van der Waals surface area contributed by atoms with Crippen LogP contribution in [0.25, 0.3) is 0 Å². The molecule has 0 bridgehead atoms. The first-order valence-corrected chi connectivity index (χ1v) is 11.0. The summed E-state index contributed by atoms with van der Waals surface area (Å²) in [5, 5.41) is 2.86. The molecule has 0 unspecified atom stereocenters. The molecule has 0 aliphatic carbocycles. The number of benzene rings is 2. The molecule has 1 N–H and O–H groups in total. The molecule has 29 heavy (non-hydrogen) atoms. The number of amides is 1. The molecule has 1 atom stereocenters. The number of carbonyl (C=O) groups excluding carboxylic acids is 1. The van der Waals surface area contributed by atoms with Crippen molar-refractivity contribution < 1.29 is 22.7 Å². The van der Waals surface area contributed by atoms with Gasteiger partial charge in [-0.05, 0) is 37.5 Å². The maximum atomic E-state index is 12.8. The van der Waals surface area contributed by atoms with Gasteiger partial charge in [-0.25, -0.2) is 8.42 Å². The zero-order valence-electron chi connectivity index (χ0n) is 16.6. The lowest BCUT2D eigenvalue weighted by molar-refractivity contribution is -0.121. The van der Waals surface area contributed by atoms with Crippen LogP contribution in [-0.2, 0) is 21.2 Å². The third kappa shape index (κ3) is 5.48. The fourth-order valence-corrected chi connectivity index (χ4v) is 4.21. The second-order valence-electron chi connectivity index (χ2n) is 7.06. The maximum Gasteiger partial charge on any atom is 0.243 e. The summed E-state index contributed by atoms with van der Waals surface area (Å²) < 4.78 is 37.5. The molecule has 0 aromatic heterocycles. The van der Waals surface area contributed by atoms with E-state index < -0.39 is 10.0 Å². The Labute approximate surface area is 171 Å². The van der Waals surface area contributed by atoms with Crippen LogP contribution in [0, 0.1) is 0 Å². The van der Waals surface area contributed by atoms with E-state index in [1.165, 1.54) is 24.7 Å². The van der Waals surface area contributed by atoms with E-state index in [0.29, 0.717) is 24.7 Å². The van der Waals surface area contributed by atoms with Crippen LogP contribution in [-0.4, -0.2) is 51.5 Å². The third-order valence-corrected chi connectivity index (χ3v) is 6.50. The minimum atomic E-state index is -3.82. The van der Waals surface area contributed by atoms with Gasteiger partial charge in [0.2, 0.25) is 15.9 Å². The quantitative estimate of drug-likeness (QED) is 0.711. The van der Waals surface area contributed by atoms with E-state index in [-0.39, 0.29) is 23.4 Å². The van der Waals surface area contributed by atoms with Crippen LogP contribution in [0.1, 0.15) is 18.9 Å². The van der Waals surface area contributed by atoms with E-state index in [2.05, 4.69) is 5.32 Å². The fraction of sp³-hybridized carbons (Fsp3) is 0.381. The van der Waals surface area contributed by atoms with Gasteiger partial charge in [-0.15, -0.1) is 0 Å². The number of hydrogen-bond donors (Lipinski definition) is 1. The number of likely N-dealkylation sites (N-methyl/N-ethyl adjacent to an activating group) is 1. The van der Waals surface area contributed by atoms with E-state index in [9.17, 15) is 13.2 Å². The Kier molecular flexibility index (Phi) is 6.76. The first-order chi connectivity index (χ1) is 13.9. The molecule has 0 radical (unpaired) electrons. The van der Waals surface area contributed by atoms with Gasteiger partial charge >= 0.3 is 0 Å². The summed E-state index contributed by atoms with van der Waals surface area (Å²) >= 11 is 0. The van der Waals surface area contributed by atoms with Crippen LogP contribution < -0.4 is 14.8 Å². The number of carbonyl (C=O) groups is 1. The minimum absolute atomic E-state index is 0.0619. The molecule has 0 spiro atoms. The SMILES string of the molecule is C[C@H](CCc1ccccc1)NC(=O)CN(C)S(=O)(=O)c1ccc2c(c1)OCCO2. The topological polar surface area (TPSA) is 84.9 Å². The van der Waals surface area contributed by atoms with E-state index in [0.717, 1.165) is 17.1 Å². The van der Waals surface area contributed by atoms with Gasteiger partial charge in [-0.1, -0.05) is 30.3 Å². The van der Waals surface area contributed by atoms with Crippen molar-refractivity contribution in [3.63, 3.8) is 0 Å². The molecule has 3 rings (SSSR count). The van der Waals surface area contributed by atoms with Gasteiger partial charge in [-0.2, -0.15) is 4.31 Å². The van der Waals surface area contributed by atoms with Crippen LogP contribution >= 0.6 is 0 Å². The van der Waals surface area contributed by atoms with Crippen LogP contribution in [0.15, 0.2) is 53.4 Å². The predicted molar refractivity (Wildman–Crippen MR) is 110 cm³/mol. The molecule has 1 aliphatic heterocycles. The molecule has 1 amide bonds. The molecule has 1 aliphatic rings. The van der Waals surface area contributed by atoms with Crippen LogP contribution in [0.2, 0.25) is 0 Å². The number of nitrogens with zero attached hydrogens (tertiary/aromatic N) is 1. The monoisotopic (exact) mass is 418 g/mol. The van der Waals surface area contributed by atoms with Crippen LogP contribution in [0.5, 0.6) is 11.5 Å². The van der Waals surface area contributed by atoms with E-state index in [1.54, 1.807) is 6.07 Å². The molecule has 1 heterocycles. The molecule has 2 aromatic rings. The van der Waals surface area contributed by atoms with Crippen LogP contribution in [0.4, 0.5) is 0 Å². The molecule has 8 heteroatoms. The summed E-state index contributed by atoms with van der Waals surface area (Å²) in [6.07, 6.45) is 1.61. The standard InChI is InChI=1S/C21H26N2O5S/c1-16(8-9-17-6-4-3-5-7-17)22-21(24)15-23(2)29(25,26)18-10-11-19-20(14-18)28-13-12-27-19/h3-7,10-11,14,16H,8-9,12-13,15H2,1-2H3,(H,22,24)/t16-/m1/s1. The maximum absolute atomic E-state index is 12.8. The molecule has 0 saturated carbocycles. The summed E-state index contributed by atoms with van der Waals surface area (Å²) in [7, 11) is -2.43. The first kappa shape index (κ1) is 21.1. The lowest BCUT2D eigenvalue weighted by Crippen LogP contribution is -2.41. The van der Waals surface area contributed by atoms with E-state index >= 15 is 0 Å². The van der Waals surface area contributed by atoms with Crippen molar-refractivity contribution in [1.82, 2.24) is 9.62 Å². The highest BCUT2D eigenvalue weighted by Gasteiger charge is 2.25. The Bertz CT molecular complexity index is 947. The van der Waals surface area contributed by atoms with Gasteiger partial charge in [0.15, 0.2) is 11.5 Å². The average Bonchev–Trinajstić information content (AvgIpc) is 2.72. The Morgan fingerprint density at radius 2 is 1.79 bits per heavy atom. The van der Waals surface area contributed by atoms with Gasteiger partial charge in [0.25, 0.3) is 0 Å². The Morgan fingerprint density at radius 3 is 2.52 bits per heavy atom. The molecule has 7 nitrogen and oxygen atoms in total.